The van der Waals surface area contributed by atoms with E-state index in [1.54, 1.807) is 6.92 Å². The third kappa shape index (κ3) is 4.95. The van der Waals surface area contributed by atoms with Crippen LogP contribution in [0.4, 0.5) is 10.1 Å². The Kier molecular flexibility index (Phi) is 5.96. The fourth-order valence-electron chi connectivity index (χ4n) is 2.09. The van der Waals surface area contributed by atoms with E-state index in [1.165, 1.54) is 12.1 Å². The minimum atomic E-state index is -0.628. The van der Waals surface area contributed by atoms with Gasteiger partial charge in [-0.3, -0.25) is 4.79 Å². The summed E-state index contributed by atoms with van der Waals surface area (Å²) in [6.45, 7) is 2.81. The highest BCUT2D eigenvalue weighted by Gasteiger charge is 2.19. The van der Waals surface area contributed by atoms with E-state index in [4.69, 9.17) is 21.1 Å². The number of hydrogen-bond acceptors (Lipinski definition) is 3. The molecule has 1 amide bonds. The molecule has 0 aliphatic carbocycles. The summed E-state index contributed by atoms with van der Waals surface area (Å²) in [6.07, 6.45) is 2.59. The first-order chi connectivity index (χ1) is 10.1. The van der Waals surface area contributed by atoms with Crippen LogP contribution in [0.2, 0.25) is 5.02 Å². The highest BCUT2D eigenvalue weighted by molar-refractivity contribution is 6.33. The monoisotopic (exact) mass is 315 g/mol. The van der Waals surface area contributed by atoms with E-state index in [-0.39, 0.29) is 17.0 Å². The predicted molar refractivity (Wildman–Crippen MR) is 79.0 cm³/mol. The zero-order chi connectivity index (χ0) is 15.2. The van der Waals surface area contributed by atoms with Gasteiger partial charge in [0.15, 0.2) is 0 Å². The highest BCUT2D eigenvalue weighted by Crippen LogP contribution is 2.22. The Balaban J connectivity index is 1.81. The number of amides is 1. The molecule has 1 heterocycles. The molecule has 4 nitrogen and oxygen atoms in total. The molecule has 0 radical (unpaired) electrons. The summed E-state index contributed by atoms with van der Waals surface area (Å²) in [4.78, 5) is 12.0. The first kappa shape index (κ1) is 16.2. The molecule has 1 aliphatic heterocycles. The molecule has 2 rings (SSSR count). The van der Waals surface area contributed by atoms with Crippen molar-refractivity contribution in [2.75, 3.05) is 18.5 Å². The molecule has 0 saturated carbocycles. The van der Waals surface area contributed by atoms with Crippen molar-refractivity contribution >= 4 is 23.2 Å². The number of benzene rings is 1. The fourth-order valence-corrected chi connectivity index (χ4v) is 2.31. The molecule has 1 aromatic carbocycles. The summed E-state index contributed by atoms with van der Waals surface area (Å²) in [6, 6.07) is 3.81. The lowest BCUT2D eigenvalue weighted by atomic mass is 10.1. The number of rotatable bonds is 5. The molecule has 1 aromatic rings. The van der Waals surface area contributed by atoms with Gasteiger partial charge < -0.3 is 14.8 Å². The minimum absolute atomic E-state index is 0.0587. The molecule has 1 saturated heterocycles. The summed E-state index contributed by atoms with van der Waals surface area (Å²) in [5.74, 6) is -0.768. The van der Waals surface area contributed by atoms with Crippen LogP contribution in [-0.4, -0.2) is 31.3 Å². The molecule has 2 atom stereocenters. The zero-order valence-corrected chi connectivity index (χ0v) is 12.7. The molecule has 0 aromatic heterocycles. The van der Waals surface area contributed by atoms with Gasteiger partial charge >= 0.3 is 0 Å². The first-order valence-electron chi connectivity index (χ1n) is 7.05. The number of halogens is 2. The molecule has 1 aliphatic rings. The normalized spacial score (nSPS) is 20.0. The molecule has 6 heteroatoms. The van der Waals surface area contributed by atoms with Gasteiger partial charge in [-0.15, -0.1) is 0 Å². The average Bonchev–Trinajstić information content (AvgIpc) is 2.48. The molecule has 2 unspecified atom stereocenters. The maximum atomic E-state index is 12.9. The zero-order valence-electron chi connectivity index (χ0n) is 11.9. The molecule has 1 N–H and O–H groups in total. The van der Waals surface area contributed by atoms with Gasteiger partial charge in [0.2, 0.25) is 0 Å². The second-order valence-electron chi connectivity index (χ2n) is 5.08. The Bertz CT molecular complexity index is 492. The van der Waals surface area contributed by atoms with Crippen molar-refractivity contribution in [1.29, 1.82) is 0 Å². The van der Waals surface area contributed by atoms with Crippen molar-refractivity contribution in [2.45, 2.75) is 38.4 Å². The lowest BCUT2D eigenvalue weighted by Gasteiger charge is -2.24. The van der Waals surface area contributed by atoms with Crippen LogP contribution in [0.15, 0.2) is 18.2 Å². The summed E-state index contributed by atoms with van der Waals surface area (Å²) in [7, 11) is 0. The summed E-state index contributed by atoms with van der Waals surface area (Å²) < 4.78 is 24.0. The summed E-state index contributed by atoms with van der Waals surface area (Å²) >= 11 is 5.86. The lowest BCUT2D eigenvalue weighted by Crippen LogP contribution is -2.32. The van der Waals surface area contributed by atoms with Gasteiger partial charge in [-0.25, -0.2) is 4.39 Å². The second kappa shape index (κ2) is 7.73. The van der Waals surface area contributed by atoms with Crippen LogP contribution >= 0.6 is 11.6 Å². The number of carbonyl (C=O) groups excluding carboxylic acids is 1. The Labute approximate surface area is 128 Å². The molecule has 116 valence electrons. The van der Waals surface area contributed by atoms with Crippen LogP contribution in [0.25, 0.3) is 0 Å². The van der Waals surface area contributed by atoms with E-state index in [9.17, 15) is 9.18 Å². The van der Waals surface area contributed by atoms with E-state index in [1.807, 2.05) is 0 Å². The van der Waals surface area contributed by atoms with E-state index in [0.717, 1.165) is 31.9 Å². The molecule has 1 fully saturated rings. The topological polar surface area (TPSA) is 47.6 Å². The summed E-state index contributed by atoms with van der Waals surface area (Å²) in [5, 5.41) is 2.78. The van der Waals surface area contributed by atoms with Crippen LogP contribution in [0, 0.1) is 5.82 Å². The Morgan fingerprint density at radius 2 is 2.38 bits per heavy atom. The van der Waals surface area contributed by atoms with Gasteiger partial charge in [0.25, 0.3) is 5.91 Å². The maximum Gasteiger partial charge on any atom is 0.253 e. The number of carbonyl (C=O) groups is 1. The standard InChI is InChI=1S/C15H19ClFNO3/c1-10(21-9-12-4-2-3-7-20-12)15(19)18-14-6-5-11(17)8-13(14)16/h5-6,8,10,12H,2-4,7,9H2,1H3,(H,18,19). The Hall–Kier alpha value is -1.17. The second-order valence-corrected chi connectivity index (χ2v) is 5.48. The van der Waals surface area contributed by atoms with Crippen LogP contribution < -0.4 is 5.32 Å². The quantitative estimate of drug-likeness (QED) is 0.906. The van der Waals surface area contributed by atoms with Crippen molar-refractivity contribution in [3.63, 3.8) is 0 Å². The smallest absolute Gasteiger partial charge is 0.253 e. The lowest BCUT2D eigenvalue weighted by molar-refractivity contribution is -0.130. The Morgan fingerprint density at radius 1 is 1.57 bits per heavy atom. The molecule has 0 spiro atoms. The van der Waals surface area contributed by atoms with Crippen molar-refractivity contribution in [1.82, 2.24) is 0 Å². The molecular formula is C15H19ClFNO3. The maximum absolute atomic E-state index is 12.9. The van der Waals surface area contributed by atoms with E-state index >= 15 is 0 Å². The van der Waals surface area contributed by atoms with Crippen molar-refractivity contribution in [2.24, 2.45) is 0 Å². The third-order valence-corrected chi connectivity index (χ3v) is 3.68. The molecule has 0 bridgehead atoms. The van der Waals surface area contributed by atoms with Gasteiger partial charge in [0.1, 0.15) is 11.9 Å². The van der Waals surface area contributed by atoms with Crippen molar-refractivity contribution < 1.29 is 18.7 Å². The van der Waals surface area contributed by atoms with Gasteiger partial charge in [-0.2, -0.15) is 0 Å². The number of anilines is 1. The van der Waals surface area contributed by atoms with E-state index in [0.29, 0.717) is 12.3 Å². The van der Waals surface area contributed by atoms with Crippen LogP contribution in [0.5, 0.6) is 0 Å². The number of hydrogen-bond donors (Lipinski definition) is 1. The van der Waals surface area contributed by atoms with Crippen LogP contribution in [0.1, 0.15) is 26.2 Å². The SMILES string of the molecule is CC(OCC1CCCCO1)C(=O)Nc1ccc(F)cc1Cl. The average molecular weight is 316 g/mol. The number of ether oxygens (including phenoxy) is 2. The highest BCUT2D eigenvalue weighted by atomic mass is 35.5. The van der Waals surface area contributed by atoms with Gasteiger partial charge in [0, 0.05) is 6.61 Å². The summed E-state index contributed by atoms with van der Waals surface area (Å²) in [5.41, 5.74) is 0.368. The first-order valence-corrected chi connectivity index (χ1v) is 7.43. The third-order valence-electron chi connectivity index (χ3n) is 3.36. The molecular weight excluding hydrogens is 297 g/mol. The van der Waals surface area contributed by atoms with Crippen molar-refractivity contribution in [3.8, 4) is 0 Å². The Morgan fingerprint density at radius 3 is 3.05 bits per heavy atom. The fraction of sp³-hybridized carbons (Fsp3) is 0.533. The van der Waals surface area contributed by atoms with Gasteiger partial charge in [-0.05, 0) is 44.4 Å². The molecule has 21 heavy (non-hydrogen) atoms. The largest absolute Gasteiger partial charge is 0.376 e. The van der Waals surface area contributed by atoms with Crippen molar-refractivity contribution in [3.05, 3.63) is 29.0 Å². The van der Waals surface area contributed by atoms with E-state index in [2.05, 4.69) is 5.32 Å². The number of nitrogens with one attached hydrogen (secondary N) is 1. The van der Waals surface area contributed by atoms with Gasteiger partial charge in [0.05, 0.1) is 23.4 Å². The van der Waals surface area contributed by atoms with Crippen LogP contribution in [0.3, 0.4) is 0 Å². The van der Waals surface area contributed by atoms with E-state index < -0.39 is 11.9 Å². The predicted octanol–water partition coefficient (Wildman–Crippen LogP) is 3.39. The van der Waals surface area contributed by atoms with Crippen LogP contribution in [-0.2, 0) is 14.3 Å². The minimum Gasteiger partial charge on any atom is -0.376 e. The van der Waals surface area contributed by atoms with Gasteiger partial charge in [-0.1, -0.05) is 11.6 Å².